The second-order valence-corrected chi connectivity index (χ2v) is 6.52. The van der Waals surface area contributed by atoms with Crippen molar-refractivity contribution in [3.05, 3.63) is 53.1 Å². The van der Waals surface area contributed by atoms with Crippen molar-refractivity contribution in [2.75, 3.05) is 23.5 Å². The maximum absolute atomic E-state index is 12.1. The number of anilines is 2. The van der Waals surface area contributed by atoms with Crippen molar-refractivity contribution in [2.45, 2.75) is 11.8 Å². The highest BCUT2D eigenvalue weighted by atomic mass is 35.5. The minimum atomic E-state index is -0.665. The highest BCUT2D eigenvalue weighted by molar-refractivity contribution is 7.98. The lowest BCUT2D eigenvalue weighted by molar-refractivity contribution is -0.119. The number of carbonyl (C=O) groups is 3. The third-order valence-corrected chi connectivity index (χ3v) is 4.27. The summed E-state index contributed by atoms with van der Waals surface area (Å²) in [6, 6.07) is 11.6. The van der Waals surface area contributed by atoms with Gasteiger partial charge in [-0.2, -0.15) is 0 Å². The minimum absolute atomic E-state index is 0.182. The molecule has 0 aromatic heterocycles. The van der Waals surface area contributed by atoms with Gasteiger partial charge in [0.1, 0.15) is 0 Å². The molecule has 0 fully saturated rings. The van der Waals surface area contributed by atoms with Gasteiger partial charge in [0.2, 0.25) is 5.91 Å². The number of halogens is 1. The van der Waals surface area contributed by atoms with Crippen LogP contribution >= 0.6 is 23.4 Å². The number of amides is 2. The fourth-order valence-electron chi connectivity index (χ4n) is 2.03. The van der Waals surface area contributed by atoms with Crippen molar-refractivity contribution in [3.8, 4) is 0 Å². The molecule has 0 unspecified atom stereocenters. The Morgan fingerprint density at radius 2 is 1.65 bits per heavy atom. The van der Waals surface area contributed by atoms with Crippen molar-refractivity contribution in [3.63, 3.8) is 0 Å². The van der Waals surface area contributed by atoms with Gasteiger partial charge in [-0.15, -0.1) is 11.8 Å². The monoisotopic (exact) mass is 392 g/mol. The smallest absolute Gasteiger partial charge is 0.340 e. The van der Waals surface area contributed by atoms with Crippen LogP contribution in [0.4, 0.5) is 11.4 Å². The molecule has 26 heavy (non-hydrogen) atoms. The van der Waals surface area contributed by atoms with Crippen molar-refractivity contribution in [1.29, 1.82) is 0 Å². The molecule has 136 valence electrons. The van der Waals surface area contributed by atoms with Crippen LogP contribution in [0.1, 0.15) is 17.3 Å². The minimum Gasteiger partial charge on any atom is -0.452 e. The first-order chi connectivity index (χ1) is 12.4. The fraction of sp³-hybridized carbons (Fsp3) is 0.167. The molecule has 8 heteroatoms. The lowest BCUT2D eigenvalue weighted by Crippen LogP contribution is -2.21. The molecule has 0 spiro atoms. The number of esters is 1. The first-order valence-electron chi connectivity index (χ1n) is 7.57. The maximum atomic E-state index is 12.1. The molecule has 0 saturated heterocycles. The number of benzene rings is 2. The summed E-state index contributed by atoms with van der Waals surface area (Å²) in [6.45, 7) is 0.970. The summed E-state index contributed by atoms with van der Waals surface area (Å²) >= 11 is 7.47. The number of thioether (sulfide) groups is 1. The Balaban J connectivity index is 1.90. The first-order valence-corrected chi connectivity index (χ1v) is 9.17. The summed E-state index contributed by atoms with van der Waals surface area (Å²) in [5.41, 5.74) is 1.35. The summed E-state index contributed by atoms with van der Waals surface area (Å²) in [7, 11) is 0. The molecule has 0 atom stereocenters. The van der Waals surface area contributed by atoms with Crippen molar-refractivity contribution < 1.29 is 19.1 Å². The number of rotatable bonds is 6. The lowest BCUT2D eigenvalue weighted by Gasteiger charge is -2.09. The molecule has 0 aliphatic carbocycles. The SMILES string of the molecule is CSc1ccc(Cl)c(C(=O)OCC(=O)Nc2ccc(NC(C)=O)cc2)c1. The summed E-state index contributed by atoms with van der Waals surface area (Å²) in [5, 5.41) is 5.49. The second-order valence-electron chi connectivity index (χ2n) is 5.23. The molecule has 2 N–H and O–H groups in total. The summed E-state index contributed by atoms with van der Waals surface area (Å²) in [4.78, 5) is 35.9. The van der Waals surface area contributed by atoms with Gasteiger partial charge in [-0.05, 0) is 48.7 Å². The summed E-state index contributed by atoms with van der Waals surface area (Å²) in [5.74, 6) is -1.33. The Morgan fingerprint density at radius 1 is 1.04 bits per heavy atom. The van der Waals surface area contributed by atoms with E-state index in [0.29, 0.717) is 11.4 Å². The highest BCUT2D eigenvalue weighted by Crippen LogP contribution is 2.23. The van der Waals surface area contributed by atoms with E-state index >= 15 is 0 Å². The average molecular weight is 393 g/mol. The molecule has 6 nitrogen and oxygen atoms in total. The van der Waals surface area contributed by atoms with Gasteiger partial charge in [-0.25, -0.2) is 4.79 Å². The number of carbonyl (C=O) groups excluding carboxylic acids is 3. The highest BCUT2D eigenvalue weighted by Gasteiger charge is 2.14. The van der Waals surface area contributed by atoms with Gasteiger partial charge in [-0.3, -0.25) is 9.59 Å². The van der Waals surface area contributed by atoms with Gasteiger partial charge in [-0.1, -0.05) is 11.6 Å². The zero-order chi connectivity index (χ0) is 19.1. The Labute approximate surface area is 160 Å². The molecule has 0 aliphatic rings. The van der Waals surface area contributed by atoms with Crippen LogP contribution in [-0.4, -0.2) is 30.6 Å². The van der Waals surface area contributed by atoms with Crippen molar-refractivity contribution in [1.82, 2.24) is 0 Å². The summed E-state index contributed by atoms with van der Waals surface area (Å²) in [6.07, 6.45) is 1.88. The molecule has 2 amide bonds. The summed E-state index contributed by atoms with van der Waals surface area (Å²) < 4.78 is 5.02. The van der Waals surface area contributed by atoms with E-state index in [-0.39, 0.29) is 16.5 Å². The van der Waals surface area contributed by atoms with Gasteiger partial charge in [0.25, 0.3) is 5.91 Å². The molecule has 2 aromatic rings. The average Bonchev–Trinajstić information content (AvgIpc) is 2.61. The zero-order valence-electron chi connectivity index (χ0n) is 14.2. The van der Waals surface area contributed by atoms with E-state index in [4.69, 9.17) is 16.3 Å². The number of hydrogen-bond acceptors (Lipinski definition) is 5. The predicted molar refractivity (Wildman–Crippen MR) is 103 cm³/mol. The van der Waals surface area contributed by atoms with Gasteiger partial charge < -0.3 is 15.4 Å². The van der Waals surface area contributed by atoms with E-state index < -0.39 is 18.5 Å². The van der Waals surface area contributed by atoms with Crippen LogP contribution in [0.25, 0.3) is 0 Å². The second kappa shape index (κ2) is 9.26. The third-order valence-electron chi connectivity index (χ3n) is 3.22. The predicted octanol–water partition coefficient (Wildman–Crippen LogP) is 3.82. The Morgan fingerprint density at radius 3 is 2.23 bits per heavy atom. The van der Waals surface area contributed by atoms with Gasteiger partial charge in [0.15, 0.2) is 6.61 Å². The molecule has 0 aliphatic heterocycles. The Bertz CT molecular complexity index is 824. The molecule has 0 heterocycles. The first kappa shape index (κ1) is 19.8. The molecule has 2 rings (SSSR count). The van der Waals surface area contributed by atoms with Crippen molar-refractivity contribution in [2.24, 2.45) is 0 Å². The van der Waals surface area contributed by atoms with Gasteiger partial charge in [0.05, 0.1) is 10.6 Å². The molecular weight excluding hydrogens is 376 g/mol. The van der Waals surface area contributed by atoms with E-state index in [0.717, 1.165) is 4.90 Å². The number of ether oxygens (including phenoxy) is 1. The quantitative estimate of drug-likeness (QED) is 0.576. The van der Waals surface area contributed by atoms with Gasteiger partial charge in [0, 0.05) is 23.2 Å². The molecule has 0 radical (unpaired) electrons. The van der Waals surface area contributed by atoms with Gasteiger partial charge >= 0.3 is 5.97 Å². The zero-order valence-corrected chi connectivity index (χ0v) is 15.7. The topological polar surface area (TPSA) is 84.5 Å². The molecular formula is C18H17ClN2O4S. The lowest BCUT2D eigenvalue weighted by atomic mass is 10.2. The van der Waals surface area contributed by atoms with E-state index in [1.165, 1.54) is 18.7 Å². The maximum Gasteiger partial charge on any atom is 0.340 e. The fourth-order valence-corrected chi connectivity index (χ4v) is 2.67. The van der Waals surface area contributed by atoms with Crippen LogP contribution < -0.4 is 10.6 Å². The van der Waals surface area contributed by atoms with Crippen molar-refractivity contribution >= 4 is 52.5 Å². The van der Waals surface area contributed by atoms with E-state index in [2.05, 4.69) is 10.6 Å². The van der Waals surface area contributed by atoms with Crippen LogP contribution in [0.2, 0.25) is 5.02 Å². The normalized spacial score (nSPS) is 10.1. The Kier molecular flexibility index (Phi) is 7.06. The van der Waals surface area contributed by atoms with E-state index in [9.17, 15) is 14.4 Å². The van der Waals surface area contributed by atoms with Crippen LogP contribution in [0, 0.1) is 0 Å². The number of nitrogens with one attached hydrogen (secondary N) is 2. The van der Waals surface area contributed by atoms with Crippen LogP contribution in [0.15, 0.2) is 47.4 Å². The molecule has 0 bridgehead atoms. The molecule has 0 saturated carbocycles. The number of hydrogen-bond donors (Lipinski definition) is 2. The van der Waals surface area contributed by atoms with E-state index in [1.807, 2.05) is 6.26 Å². The molecule has 2 aromatic carbocycles. The Hall–Kier alpha value is -2.51. The van der Waals surface area contributed by atoms with E-state index in [1.54, 1.807) is 42.5 Å². The van der Waals surface area contributed by atoms with Crippen LogP contribution in [0.5, 0.6) is 0 Å². The van der Waals surface area contributed by atoms with Crippen LogP contribution in [0.3, 0.4) is 0 Å². The third kappa shape index (κ3) is 5.79. The van der Waals surface area contributed by atoms with Crippen LogP contribution in [-0.2, 0) is 14.3 Å². The largest absolute Gasteiger partial charge is 0.452 e. The standard InChI is InChI=1S/C18H17ClN2O4S/c1-11(22)20-12-3-5-13(6-4-12)21-17(23)10-25-18(24)15-9-14(26-2)7-8-16(15)19/h3-9H,10H2,1-2H3,(H,20,22)(H,21,23).